The zero-order valence-electron chi connectivity index (χ0n) is 14.2. The van der Waals surface area contributed by atoms with E-state index in [1.807, 2.05) is 30.3 Å². The van der Waals surface area contributed by atoms with Crippen LogP contribution in [0.15, 0.2) is 46.6 Å². The molecule has 0 saturated carbocycles. The summed E-state index contributed by atoms with van der Waals surface area (Å²) < 4.78 is 5.19. The SMILES string of the molecule is Cc1onc(-c2ccccc2)c1C(=O)NC1C(=O)N2C(C(=O)O)=CCS[C@H]12. The molecule has 2 N–H and O–H groups in total. The first kappa shape index (κ1) is 17.3. The molecule has 2 aliphatic rings. The summed E-state index contributed by atoms with van der Waals surface area (Å²) in [5.41, 5.74) is 1.35. The minimum Gasteiger partial charge on any atom is -0.477 e. The van der Waals surface area contributed by atoms with Gasteiger partial charge in [-0.15, -0.1) is 11.8 Å². The molecule has 0 spiro atoms. The van der Waals surface area contributed by atoms with Crippen molar-refractivity contribution in [3.05, 3.63) is 53.4 Å². The smallest absolute Gasteiger partial charge is 0.352 e. The molecule has 2 amide bonds. The maximum absolute atomic E-state index is 12.8. The van der Waals surface area contributed by atoms with Crippen LogP contribution in [0.5, 0.6) is 0 Å². The van der Waals surface area contributed by atoms with Gasteiger partial charge < -0.3 is 14.9 Å². The van der Waals surface area contributed by atoms with E-state index in [-0.39, 0.29) is 11.3 Å². The molecule has 1 aromatic carbocycles. The average Bonchev–Trinajstić information content (AvgIpc) is 3.07. The van der Waals surface area contributed by atoms with E-state index in [0.717, 1.165) is 5.56 Å². The highest BCUT2D eigenvalue weighted by atomic mass is 32.2. The number of hydrogen-bond acceptors (Lipinski definition) is 6. The molecule has 1 saturated heterocycles. The van der Waals surface area contributed by atoms with E-state index >= 15 is 0 Å². The summed E-state index contributed by atoms with van der Waals surface area (Å²) in [6.07, 6.45) is 1.50. The summed E-state index contributed by atoms with van der Waals surface area (Å²) in [4.78, 5) is 37.7. The van der Waals surface area contributed by atoms with E-state index in [0.29, 0.717) is 17.2 Å². The Morgan fingerprint density at radius 3 is 2.78 bits per heavy atom. The van der Waals surface area contributed by atoms with Gasteiger partial charge in [0, 0.05) is 11.3 Å². The number of rotatable bonds is 4. The summed E-state index contributed by atoms with van der Waals surface area (Å²) in [5, 5.41) is 15.5. The number of fused-ring (bicyclic) bond motifs is 1. The molecule has 2 atom stereocenters. The molecule has 3 heterocycles. The van der Waals surface area contributed by atoms with Gasteiger partial charge in [-0.3, -0.25) is 14.5 Å². The van der Waals surface area contributed by atoms with Crippen LogP contribution in [0, 0.1) is 6.92 Å². The lowest BCUT2D eigenvalue weighted by Crippen LogP contribution is -2.70. The zero-order chi connectivity index (χ0) is 19.1. The van der Waals surface area contributed by atoms with Crippen molar-refractivity contribution in [1.82, 2.24) is 15.4 Å². The fourth-order valence-corrected chi connectivity index (χ4v) is 4.38. The fraction of sp³-hybridized carbons (Fsp3) is 0.222. The predicted octanol–water partition coefficient (Wildman–Crippen LogP) is 1.63. The van der Waals surface area contributed by atoms with Crippen LogP contribution < -0.4 is 5.32 Å². The Kier molecular flexibility index (Phi) is 4.23. The van der Waals surface area contributed by atoms with Gasteiger partial charge >= 0.3 is 5.97 Å². The second-order valence-electron chi connectivity index (χ2n) is 6.11. The molecule has 0 aliphatic carbocycles. The number of carboxylic acids is 1. The second kappa shape index (κ2) is 6.58. The largest absolute Gasteiger partial charge is 0.477 e. The number of aromatic nitrogens is 1. The van der Waals surface area contributed by atoms with Crippen LogP contribution in [0.2, 0.25) is 0 Å². The van der Waals surface area contributed by atoms with Crippen LogP contribution in [-0.2, 0) is 9.59 Å². The molecule has 9 heteroatoms. The Labute approximate surface area is 158 Å². The van der Waals surface area contributed by atoms with Crippen molar-refractivity contribution in [2.75, 3.05) is 5.75 Å². The third-order valence-electron chi connectivity index (χ3n) is 4.49. The zero-order valence-corrected chi connectivity index (χ0v) is 15.0. The standard InChI is InChI=1S/C18H15N3O5S/c1-9-12(13(20-26-9)10-5-3-2-4-6-10)15(22)19-14-16(23)21-11(18(24)25)7-8-27-17(14)21/h2-7,14,17H,8H2,1H3,(H,19,22)(H,24,25)/t14?,17-/m1/s1. The lowest BCUT2D eigenvalue weighted by molar-refractivity contribution is -0.148. The van der Waals surface area contributed by atoms with Gasteiger partial charge in [0.1, 0.15) is 34.1 Å². The molecule has 1 aromatic heterocycles. The van der Waals surface area contributed by atoms with Gasteiger partial charge in [-0.05, 0) is 13.0 Å². The first-order valence-electron chi connectivity index (χ1n) is 8.19. The first-order chi connectivity index (χ1) is 13.0. The Morgan fingerprint density at radius 2 is 2.07 bits per heavy atom. The number of carboxylic acid groups (broad SMARTS) is 1. The number of amides is 2. The van der Waals surface area contributed by atoms with E-state index in [1.165, 1.54) is 22.7 Å². The molecule has 2 aromatic rings. The van der Waals surface area contributed by atoms with Crippen LogP contribution in [0.25, 0.3) is 11.3 Å². The minimum atomic E-state index is -1.15. The molecule has 1 fully saturated rings. The Morgan fingerprint density at radius 1 is 1.33 bits per heavy atom. The van der Waals surface area contributed by atoms with Crippen LogP contribution in [0.1, 0.15) is 16.1 Å². The number of benzene rings is 1. The molecule has 1 unspecified atom stereocenters. The normalized spacial score (nSPS) is 21.1. The van der Waals surface area contributed by atoms with Crippen molar-refractivity contribution in [3.8, 4) is 11.3 Å². The van der Waals surface area contributed by atoms with Crippen LogP contribution in [0.4, 0.5) is 0 Å². The highest BCUT2D eigenvalue weighted by Crippen LogP contribution is 2.37. The number of nitrogens with zero attached hydrogens (tertiary/aromatic N) is 2. The van der Waals surface area contributed by atoms with Crippen molar-refractivity contribution in [1.29, 1.82) is 0 Å². The van der Waals surface area contributed by atoms with Gasteiger partial charge in [0.05, 0.1) is 0 Å². The van der Waals surface area contributed by atoms with E-state index in [4.69, 9.17) is 4.52 Å². The van der Waals surface area contributed by atoms with Crippen molar-refractivity contribution < 1.29 is 24.0 Å². The second-order valence-corrected chi connectivity index (χ2v) is 7.26. The number of hydrogen-bond donors (Lipinski definition) is 2. The van der Waals surface area contributed by atoms with Crippen LogP contribution in [-0.4, -0.2) is 50.1 Å². The van der Waals surface area contributed by atoms with Crippen molar-refractivity contribution in [3.63, 3.8) is 0 Å². The number of aryl methyl sites for hydroxylation is 1. The van der Waals surface area contributed by atoms with E-state index in [1.54, 1.807) is 6.92 Å². The topological polar surface area (TPSA) is 113 Å². The third-order valence-corrected chi connectivity index (χ3v) is 5.67. The quantitative estimate of drug-likeness (QED) is 0.769. The molecule has 0 radical (unpaired) electrons. The maximum Gasteiger partial charge on any atom is 0.352 e. The predicted molar refractivity (Wildman–Crippen MR) is 96.7 cm³/mol. The number of β-lactam (4-membered cyclic amide) rings is 1. The monoisotopic (exact) mass is 385 g/mol. The summed E-state index contributed by atoms with van der Waals surface area (Å²) in [5.74, 6) is -1.26. The highest BCUT2D eigenvalue weighted by molar-refractivity contribution is 8.00. The molecule has 4 rings (SSSR count). The molecular formula is C18H15N3O5S. The first-order valence-corrected chi connectivity index (χ1v) is 9.24. The third kappa shape index (κ3) is 2.80. The maximum atomic E-state index is 12.8. The van der Waals surface area contributed by atoms with E-state index in [2.05, 4.69) is 10.5 Å². The van der Waals surface area contributed by atoms with Gasteiger partial charge in [-0.25, -0.2) is 4.79 Å². The number of thioether (sulfide) groups is 1. The summed E-state index contributed by atoms with van der Waals surface area (Å²) in [6, 6.07) is 8.34. The lowest BCUT2D eigenvalue weighted by atomic mass is 10.0. The van der Waals surface area contributed by atoms with Gasteiger partial charge in [-0.2, -0.15) is 0 Å². The number of aliphatic carboxylic acids is 1. The average molecular weight is 385 g/mol. The molecular weight excluding hydrogens is 370 g/mol. The number of nitrogens with one attached hydrogen (secondary N) is 1. The Hall–Kier alpha value is -3.07. The fourth-order valence-electron chi connectivity index (χ4n) is 3.18. The molecule has 27 heavy (non-hydrogen) atoms. The molecule has 138 valence electrons. The summed E-state index contributed by atoms with van der Waals surface area (Å²) >= 11 is 1.40. The molecule has 0 bridgehead atoms. The lowest BCUT2D eigenvalue weighted by Gasteiger charge is -2.48. The van der Waals surface area contributed by atoms with E-state index in [9.17, 15) is 19.5 Å². The summed E-state index contributed by atoms with van der Waals surface area (Å²) in [7, 11) is 0. The summed E-state index contributed by atoms with van der Waals surface area (Å²) in [6.45, 7) is 1.63. The van der Waals surface area contributed by atoms with Gasteiger partial charge in [0.2, 0.25) is 0 Å². The molecule has 2 aliphatic heterocycles. The Bertz CT molecular complexity index is 969. The number of carbonyl (C=O) groups is 3. The highest BCUT2D eigenvalue weighted by Gasteiger charge is 2.53. The van der Waals surface area contributed by atoms with Gasteiger partial charge in [0.15, 0.2) is 0 Å². The van der Waals surface area contributed by atoms with Gasteiger partial charge in [-0.1, -0.05) is 35.5 Å². The van der Waals surface area contributed by atoms with E-state index < -0.39 is 29.2 Å². The minimum absolute atomic E-state index is 0.0413. The Balaban J connectivity index is 1.57. The van der Waals surface area contributed by atoms with Crippen molar-refractivity contribution in [2.24, 2.45) is 0 Å². The van der Waals surface area contributed by atoms with Crippen molar-refractivity contribution >= 4 is 29.5 Å². The molecule has 8 nitrogen and oxygen atoms in total. The van der Waals surface area contributed by atoms with Crippen LogP contribution in [0.3, 0.4) is 0 Å². The van der Waals surface area contributed by atoms with Crippen molar-refractivity contribution in [2.45, 2.75) is 18.3 Å². The number of carbonyl (C=O) groups excluding carboxylic acids is 2. The van der Waals surface area contributed by atoms with Crippen LogP contribution >= 0.6 is 11.8 Å². The van der Waals surface area contributed by atoms with Gasteiger partial charge in [0.25, 0.3) is 11.8 Å².